The summed E-state index contributed by atoms with van der Waals surface area (Å²) in [4.78, 5) is 40.4. The van der Waals surface area contributed by atoms with Crippen LogP contribution in [0.3, 0.4) is 0 Å². The molecule has 4 saturated carbocycles. The molecule has 7 fully saturated rings. The molecule has 5 aliphatic carbocycles. The Labute approximate surface area is 454 Å². The van der Waals surface area contributed by atoms with Crippen LogP contribution in [0.5, 0.6) is 0 Å². The van der Waals surface area contributed by atoms with Crippen LogP contribution >= 0.6 is 0 Å². The first-order valence-electron chi connectivity index (χ1n) is 27.6. The van der Waals surface area contributed by atoms with Gasteiger partial charge in [-0.2, -0.15) is 0 Å². The summed E-state index contributed by atoms with van der Waals surface area (Å²) < 4.78 is 48.8. The van der Waals surface area contributed by atoms with E-state index in [1.165, 1.54) is 6.92 Å². The molecule has 0 bridgehead atoms. The van der Waals surface area contributed by atoms with E-state index in [0.717, 1.165) is 5.57 Å². The molecular weight excluding hydrogens is 1030 g/mol. The summed E-state index contributed by atoms with van der Waals surface area (Å²) in [5.74, 6) is -3.24. The van der Waals surface area contributed by atoms with E-state index in [1.54, 1.807) is 19.9 Å². The predicted octanol–water partition coefficient (Wildman–Crippen LogP) is -0.292. The summed E-state index contributed by atoms with van der Waals surface area (Å²) in [5, 5.41) is 130. The number of esters is 2. The van der Waals surface area contributed by atoms with E-state index in [0.29, 0.717) is 50.5 Å². The van der Waals surface area contributed by atoms with Crippen LogP contribution in [0.25, 0.3) is 0 Å². The second-order valence-corrected chi connectivity index (χ2v) is 25.4. The van der Waals surface area contributed by atoms with Crippen LogP contribution in [0.2, 0.25) is 0 Å². The highest BCUT2D eigenvalue weighted by molar-refractivity contribution is 5.88. The van der Waals surface area contributed by atoms with E-state index >= 15 is 0 Å². The van der Waals surface area contributed by atoms with Gasteiger partial charge in [-0.1, -0.05) is 59.3 Å². The second-order valence-electron chi connectivity index (χ2n) is 25.4. The van der Waals surface area contributed by atoms with Crippen molar-refractivity contribution in [2.75, 3.05) is 26.4 Å². The van der Waals surface area contributed by atoms with E-state index in [2.05, 4.69) is 26.8 Å². The molecule has 0 amide bonds. The number of hydrogen-bond acceptors (Lipinski definition) is 22. The zero-order valence-corrected chi connectivity index (χ0v) is 46.1. The van der Waals surface area contributed by atoms with Crippen molar-refractivity contribution < 1.29 is 114 Å². The van der Waals surface area contributed by atoms with Gasteiger partial charge in [0.05, 0.1) is 32.5 Å². The molecule has 3 heterocycles. The van der Waals surface area contributed by atoms with Gasteiger partial charge in [0.1, 0.15) is 84.8 Å². The summed E-state index contributed by atoms with van der Waals surface area (Å²) in [6.07, 6.45) is -22.0. The maximum absolute atomic E-state index is 14.0. The van der Waals surface area contributed by atoms with E-state index < -0.39 is 187 Å². The van der Waals surface area contributed by atoms with Gasteiger partial charge >= 0.3 is 17.9 Å². The molecule has 12 N–H and O–H groups in total. The van der Waals surface area contributed by atoms with Gasteiger partial charge in [-0.05, 0) is 93.3 Å². The van der Waals surface area contributed by atoms with Crippen LogP contribution < -0.4 is 0 Å². The van der Waals surface area contributed by atoms with Crippen LogP contribution in [0, 0.1) is 50.2 Å². The number of carboxylic acid groups (broad SMARTS) is 1. The maximum Gasteiger partial charge on any atom is 0.333 e. The van der Waals surface area contributed by atoms with Crippen molar-refractivity contribution >= 4 is 17.9 Å². The predicted molar refractivity (Wildman–Crippen MR) is 268 cm³/mol. The lowest BCUT2D eigenvalue weighted by molar-refractivity contribution is -0.396. The molecule has 3 saturated heterocycles. The Hall–Kier alpha value is -2.79. The molecule has 78 heavy (non-hydrogen) atoms. The number of rotatable bonds is 14. The molecule has 0 spiro atoms. The third-order valence-electron chi connectivity index (χ3n) is 21.0. The smallest absolute Gasteiger partial charge is 0.333 e. The molecule has 0 aromatic carbocycles. The molecule has 23 heteroatoms. The molecule has 8 aliphatic rings. The maximum atomic E-state index is 14.0. The van der Waals surface area contributed by atoms with E-state index in [9.17, 15) is 75.7 Å². The fourth-order valence-electron chi connectivity index (χ4n) is 16.2. The van der Waals surface area contributed by atoms with E-state index in [4.69, 9.17) is 37.9 Å². The summed E-state index contributed by atoms with van der Waals surface area (Å²) in [5.41, 5.74) is -3.59. The average molecular weight is 1120 g/mol. The molecule has 0 aromatic rings. The first-order valence-corrected chi connectivity index (χ1v) is 27.6. The molecule has 8 rings (SSSR count). The molecule has 3 aliphatic heterocycles. The van der Waals surface area contributed by atoms with Gasteiger partial charge in [-0.3, -0.25) is 9.59 Å². The van der Waals surface area contributed by atoms with Crippen LogP contribution in [-0.2, 0) is 52.3 Å². The molecule has 0 aromatic heterocycles. The number of hydrogen-bond donors (Lipinski definition) is 12. The largest absolute Gasteiger partial charge is 0.481 e. The highest BCUT2D eigenvalue weighted by Crippen LogP contribution is 2.76. The molecule has 26 unspecified atom stereocenters. The normalized spacial score (nSPS) is 50.2. The molecule has 444 valence electrons. The van der Waals surface area contributed by atoms with Gasteiger partial charge in [-0.25, -0.2) is 4.79 Å². The molecule has 23 nitrogen and oxygen atoms in total. The second kappa shape index (κ2) is 22.4. The molecular formula is C55H86O23. The summed E-state index contributed by atoms with van der Waals surface area (Å²) in [7, 11) is 0. The van der Waals surface area contributed by atoms with E-state index in [-0.39, 0.29) is 24.9 Å². The minimum absolute atomic E-state index is 0.00542. The van der Waals surface area contributed by atoms with E-state index in [1.807, 2.05) is 20.8 Å². The lowest BCUT2D eigenvalue weighted by Crippen LogP contribution is -2.70. The fourth-order valence-corrected chi connectivity index (χ4v) is 16.2. The van der Waals surface area contributed by atoms with Gasteiger partial charge in [0.25, 0.3) is 0 Å². The van der Waals surface area contributed by atoms with Crippen LogP contribution in [0.4, 0.5) is 0 Å². The highest BCUT2D eigenvalue weighted by atomic mass is 16.8. The number of carbonyl (C=O) groups excluding carboxylic acids is 2. The Balaban J connectivity index is 1.10. The summed E-state index contributed by atoms with van der Waals surface area (Å²) >= 11 is 0. The number of allylic oxidation sites excluding steroid dienone is 3. The zero-order valence-electron chi connectivity index (χ0n) is 46.1. The van der Waals surface area contributed by atoms with Crippen molar-refractivity contribution in [2.45, 2.75) is 224 Å². The number of aliphatic hydroxyl groups excluding tert-OH is 11. The number of ether oxygens (including phenoxy) is 8. The lowest BCUT2D eigenvalue weighted by Gasteiger charge is -2.71. The van der Waals surface area contributed by atoms with Crippen LogP contribution in [0.1, 0.15) is 114 Å². The van der Waals surface area contributed by atoms with Crippen molar-refractivity contribution in [1.29, 1.82) is 0 Å². The molecule has 26 atom stereocenters. The number of carboxylic acids is 1. The Bertz CT molecular complexity index is 2260. The van der Waals surface area contributed by atoms with Gasteiger partial charge in [0, 0.05) is 29.2 Å². The number of aliphatic carboxylic acids is 1. The Morgan fingerprint density at radius 2 is 1.21 bits per heavy atom. The number of carbonyl (C=O) groups is 3. The van der Waals surface area contributed by atoms with Crippen molar-refractivity contribution in [3.05, 3.63) is 23.3 Å². The number of fused-ring (bicyclic) bond motifs is 7. The third kappa shape index (κ3) is 9.72. The quantitative estimate of drug-likeness (QED) is 0.0460. The topological polar surface area (TPSA) is 368 Å². The standard InChI is InChI=1S/C55H86O23/c1-10-24(2)45(68)78-43-44(71-25(3)60)55(49(69)70)18-17-53(8)26(27(55)19-50(43,4)5)11-12-32-51(6)15-14-33(52(7,23-59)31(51)13-16-54(32,53)9)75-48-42(77-47-39(66)37(64)35(62)29(21-57)73-47)40(67)41(30(22-58)74-48)76-46-38(65)36(63)34(61)28(20-56)72-46/h10-11,27-44,46-48,56-59,61-67H,12-23H2,1-9H3,(H,69,70). The summed E-state index contributed by atoms with van der Waals surface area (Å²) in [6, 6.07) is 0. The Morgan fingerprint density at radius 3 is 1.73 bits per heavy atom. The lowest BCUT2D eigenvalue weighted by atomic mass is 9.33. The van der Waals surface area contributed by atoms with Crippen LogP contribution in [-0.4, -0.2) is 216 Å². The zero-order chi connectivity index (χ0) is 57.6. The van der Waals surface area contributed by atoms with Crippen molar-refractivity contribution in [3.8, 4) is 0 Å². The summed E-state index contributed by atoms with van der Waals surface area (Å²) in [6.45, 7) is 14.2. The van der Waals surface area contributed by atoms with Crippen molar-refractivity contribution in [2.24, 2.45) is 50.2 Å². The van der Waals surface area contributed by atoms with Gasteiger partial charge < -0.3 is 99.2 Å². The first kappa shape index (κ1) is 61.3. The number of aliphatic hydroxyl groups is 11. The van der Waals surface area contributed by atoms with Crippen molar-refractivity contribution in [3.63, 3.8) is 0 Å². The minimum Gasteiger partial charge on any atom is -0.481 e. The van der Waals surface area contributed by atoms with Crippen molar-refractivity contribution in [1.82, 2.24) is 0 Å². The van der Waals surface area contributed by atoms with Gasteiger partial charge in [-0.15, -0.1) is 0 Å². The fraction of sp³-hybridized carbons (Fsp3) is 0.873. The molecule has 0 radical (unpaired) electrons. The third-order valence-corrected chi connectivity index (χ3v) is 21.0. The first-order chi connectivity index (χ1) is 36.5. The Morgan fingerprint density at radius 1 is 0.641 bits per heavy atom. The van der Waals surface area contributed by atoms with Crippen LogP contribution in [0.15, 0.2) is 23.3 Å². The average Bonchev–Trinajstić information content (AvgIpc) is 3.52. The Kier molecular flexibility index (Phi) is 17.6. The SMILES string of the molecule is CC=C(C)C(=O)OC1C(OC(C)=O)C2(C(=O)O)CCC3(C)C(=CCC4C5(C)CCC(OC6OC(CO)C(OC7OC(CO)C(O)C(O)C7O)C(O)C6OC6OC(CO)C(O)C(O)C6O)C(C)(CO)C5CCC43C)C2CC1(C)C. The monoisotopic (exact) mass is 1110 g/mol. The highest BCUT2D eigenvalue weighted by Gasteiger charge is 2.74. The van der Waals surface area contributed by atoms with Gasteiger partial charge in [0.2, 0.25) is 0 Å². The minimum atomic E-state index is -1.96. The van der Waals surface area contributed by atoms with Gasteiger partial charge in [0.15, 0.2) is 25.0 Å².